The Balaban J connectivity index is 2.36. The van der Waals surface area contributed by atoms with Crippen LogP contribution in [-0.4, -0.2) is 35.7 Å². The molecule has 0 saturated carbocycles. The molecular formula is C16H18N2O6S. The summed E-state index contributed by atoms with van der Waals surface area (Å²) >= 11 is 0. The van der Waals surface area contributed by atoms with Crippen LogP contribution in [0.2, 0.25) is 0 Å². The number of ether oxygens (including phenoxy) is 3. The molecule has 0 aliphatic carbocycles. The molecule has 0 radical (unpaired) electrons. The van der Waals surface area contributed by atoms with Crippen LogP contribution in [0, 0.1) is 0 Å². The SMILES string of the molecule is COc1ccc(NC(=O)c2ccc(OC)c(S(N)(=O)=O)c2)c(OC)c1. The first-order valence-corrected chi connectivity index (χ1v) is 8.59. The quantitative estimate of drug-likeness (QED) is 0.802. The zero-order chi connectivity index (χ0) is 18.6. The minimum Gasteiger partial charge on any atom is -0.497 e. The number of anilines is 1. The number of hydrogen-bond donors (Lipinski definition) is 2. The zero-order valence-electron chi connectivity index (χ0n) is 13.9. The maximum absolute atomic E-state index is 12.4. The topological polar surface area (TPSA) is 117 Å². The molecule has 0 unspecified atom stereocenters. The van der Waals surface area contributed by atoms with E-state index in [0.29, 0.717) is 17.2 Å². The van der Waals surface area contributed by atoms with Crippen molar-refractivity contribution in [2.75, 3.05) is 26.6 Å². The van der Waals surface area contributed by atoms with Gasteiger partial charge in [0, 0.05) is 11.6 Å². The van der Waals surface area contributed by atoms with Gasteiger partial charge in [0.05, 0.1) is 27.0 Å². The smallest absolute Gasteiger partial charge is 0.255 e. The molecule has 9 heteroatoms. The molecule has 134 valence electrons. The second-order valence-electron chi connectivity index (χ2n) is 4.93. The van der Waals surface area contributed by atoms with Crippen LogP contribution in [0.4, 0.5) is 5.69 Å². The van der Waals surface area contributed by atoms with Crippen molar-refractivity contribution in [1.29, 1.82) is 0 Å². The summed E-state index contributed by atoms with van der Waals surface area (Å²) < 4.78 is 38.6. The Hall–Kier alpha value is -2.78. The molecular weight excluding hydrogens is 348 g/mol. The second-order valence-corrected chi connectivity index (χ2v) is 6.46. The molecule has 8 nitrogen and oxygen atoms in total. The number of carbonyl (C=O) groups is 1. The number of nitrogens with one attached hydrogen (secondary N) is 1. The Morgan fingerprint density at radius 1 is 0.960 bits per heavy atom. The first kappa shape index (κ1) is 18.6. The molecule has 0 atom stereocenters. The largest absolute Gasteiger partial charge is 0.497 e. The van der Waals surface area contributed by atoms with Crippen molar-refractivity contribution in [3.8, 4) is 17.2 Å². The highest BCUT2D eigenvalue weighted by Crippen LogP contribution is 2.30. The van der Waals surface area contributed by atoms with Gasteiger partial charge in [-0.15, -0.1) is 0 Å². The summed E-state index contributed by atoms with van der Waals surface area (Å²) in [5, 5.41) is 7.81. The Morgan fingerprint density at radius 3 is 2.20 bits per heavy atom. The van der Waals surface area contributed by atoms with Crippen LogP contribution in [0.5, 0.6) is 17.2 Å². The van der Waals surface area contributed by atoms with Crippen molar-refractivity contribution < 1.29 is 27.4 Å². The van der Waals surface area contributed by atoms with Crippen LogP contribution >= 0.6 is 0 Å². The van der Waals surface area contributed by atoms with Crippen molar-refractivity contribution in [1.82, 2.24) is 0 Å². The summed E-state index contributed by atoms with van der Waals surface area (Å²) in [6.07, 6.45) is 0. The van der Waals surface area contributed by atoms with E-state index in [1.165, 1.54) is 33.5 Å². The fourth-order valence-electron chi connectivity index (χ4n) is 2.14. The van der Waals surface area contributed by atoms with E-state index in [-0.39, 0.29) is 16.2 Å². The van der Waals surface area contributed by atoms with Gasteiger partial charge in [0.2, 0.25) is 10.0 Å². The van der Waals surface area contributed by atoms with E-state index < -0.39 is 15.9 Å². The standard InChI is InChI=1S/C16H18N2O6S/c1-22-11-5-6-12(14(9-11)24-3)18-16(19)10-4-7-13(23-2)15(8-10)25(17,20)21/h4-9H,1-3H3,(H,18,19)(H2,17,20,21). The number of amides is 1. The Morgan fingerprint density at radius 2 is 1.64 bits per heavy atom. The molecule has 3 N–H and O–H groups in total. The monoisotopic (exact) mass is 366 g/mol. The predicted octanol–water partition coefficient (Wildman–Crippen LogP) is 1.61. The highest BCUT2D eigenvalue weighted by molar-refractivity contribution is 7.89. The molecule has 0 saturated heterocycles. The lowest BCUT2D eigenvalue weighted by Gasteiger charge is -2.13. The molecule has 0 spiro atoms. The normalized spacial score (nSPS) is 10.9. The van der Waals surface area contributed by atoms with Crippen LogP contribution in [0.1, 0.15) is 10.4 Å². The number of methoxy groups -OCH3 is 3. The van der Waals surface area contributed by atoms with Crippen molar-refractivity contribution in [3.63, 3.8) is 0 Å². The van der Waals surface area contributed by atoms with Crippen LogP contribution in [0.15, 0.2) is 41.3 Å². The molecule has 0 fully saturated rings. The van der Waals surface area contributed by atoms with Crippen LogP contribution < -0.4 is 24.7 Å². The van der Waals surface area contributed by atoms with E-state index in [0.717, 1.165) is 6.07 Å². The molecule has 1 amide bonds. The number of benzene rings is 2. The molecule has 2 rings (SSSR count). The second kappa shape index (κ2) is 7.41. The van der Waals surface area contributed by atoms with Gasteiger partial charge in [0.15, 0.2) is 0 Å². The third-order valence-electron chi connectivity index (χ3n) is 3.39. The van der Waals surface area contributed by atoms with Gasteiger partial charge in [-0.1, -0.05) is 0 Å². The van der Waals surface area contributed by atoms with E-state index in [1.807, 2.05) is 0 Å². The molecule has 25 heavy (non-hydrogen) atoms. The van der Waals surface area contributed by atoms with E-state index in [4.69, 9.17) is 19.3 Å². The first-order valence-electron chi connectivity index (χ1n) is 7.04. The molecule has 0 aliphatic heterocycles. The average molecular weight is 366 g/mol. The molecule has 2 aromatic rings. The predicted molar refractivity (Wildman–Crippen MR) is 91.9 cm³/mol. The lowest BCUT2D eigenvalue weighted by molar-refractivity contribution is 0.102. The van der Waals surface area contributed by atoms with Crippen molar-refractivity contribution in [3.05, 3.63) is 42.0 Å². The summed E-state index contributed by atoms with van der Waals surface area (Å²) in [5.74, 6) is 0.487. The van der Waals surface area contributed by atoms with Crippen LogP contribution in [0.3, 0.4) is 0 Å². The van der Waals surface area contributed by atoms with Gasteiger partial charge in [-0.2, -0.15) is 0 Å². The molecule has 0 aliphatic rings. The molecule has 0 bridgehead atoms. The summed E-state index contributed by atoms with van der Waals surface area (Å²) in [5.41, 5.74) is 0.504. The van der Waals surface area contributed by atoms with Gasteiger partial charge >= 0.3 is 0 Å². The molecule has 0 heterocycles. The van der Waals surface area contributed by atoms with Crippen LogP contribution in [0.25, 0.3) is 0 Å². The van der Waals surface area contributed by atoms with E-state index >= 15 is 0 Å². The average Bonchev–Trinajstić information content (AvgIpc) is 2.60. The van der Waals surface area contributed by atoms with E-state index in [9.17, 15) is 13.2 Å². The number of rotatable bonds is 6. The Kier molecular flexibility index (Phi) is 5.50. The van der Waals surface area contributed by atoms with Crippen molar-refractivity contribution >= 4 is 21.6 Å². The number of nitrogens with two attached hydrogens (primary N) is 1. The zero-order valence-corrected chi connectivity index (χ0v) is 14.7. The van der Waals surface area contributed by atoms with Gasteiger partial charge < -0.3 is 19.5 Å². The minimum absolute atomic E-state index is 0.0566. The Bertz CT molecular complexity index is 895. The van der Waals surface area contributed by atoms with Gasteiger partial charge in [0.25, 0.3) is 5.91 Å². The maximum atomic E-state index is 12.4. The van der Waals surface area contributed by atoms with Crippen molar-refractivity contribution in [2.24, 2.45) is 5.14 Å². The third kappa shape index (κ3) is 4.20. The first-order chi connectivity index (χ1) is 11.8. The van der Waals surface area contributed by atoms with Gasteiger partial charge in [0.1, 0.15) is 22.1 Å². The summed E-state index contributed by atoms with van der Waals surface area (Å²) in [4.78, 5) is 12.2. The fraction of sp³-hybridized carbons (Fsp3) is 0.188. The van der Waals surface area contributed by atoms with E-state index in [2.05, 4.69) is 5.32 Å². The van der Waals surface area contributed by atoms with Crippen molar-refractivity contribution in [2.45, 2.75) is 4.90 Å². The lowest BCUT2D eigenvalue weighted by atomic mass is 10.2. The molecule has 2 aromatic carbocycles. The summed E-state index contributed by atoms with van der Waals surface area (Å²) in [7, 11) is 0.237. The van der Waals surface area contributed by atoms with Gasteiger partial charge in [-0.3, -0.25) is 4.79 Å². The Labute approximate surface area is 145 Å². The highest BCUT2D eigenvalue weighted by Gasteiger charge is 2.19. The molecule has 0 aromatic heterocycles. The van der Waals surface area contributed by atoms with E-state index in [1.54, 1.807) is 18.2 Å². The minimum atomic E-state index is -4.04. The van der Waals surface area contributed by atoms with Gasteiger partial charge in [-0.25, -0.2) is 13.6 Å². The summed E-state index contributed by atoms with van der Waals surface area (Å²) in [6, 6.07) is 8.82. The number of hydrogen-bond acceptors (Lipinski definition) is 6. The lowest BCUT2D eigenvalue weighted by Crippen LogP contribution is -2.17. The maximum Gasteiger partial charge on any atom is 0.255 e. The highest BCUT2D eigenvalue weighted by atomic mass is 32.2. The fourth-order valence-corrected chi connectivity index (χ4v) is 2.86. The number of primary sulfonamides is 1. The number of sulfonamides is 1. The summed E-state index contributed by atoms with van der Waals surface area (Å²) in [6.45, 7) is 0. The number of carbonyl (C=O) groups excluding carboxylic acids is 1. The van der Waals surface area contributed by atoms with Crippen LogP contribution in [-0.2, 0) is 10.0 Å². The van der Waals surface area contributed by atoms with Gasteiger partial charge in [-0.05, 0) is 30.3 Å². The third-order valence-corrected chi connectivity index (χ3v) is 4.32.